The maximum Gasteiger partial charge on any atom is 0.165 e. The van der Waals surface area contributed by atoms with E-state index < -0.39 is 0 Å². The first-order valence-electron chi connectivity index (χ1n) is 6.68. The predicted molar refractivity (Wildman–Crippen MR) is 78.7 cm³/mol. The van der Waals surface area contributed by atoms with Gasteiger partial charge >= 0.3 is 0 Å². The van der Waals surface area contributed by atoms with Gasteiger partial charge in [-0.15, -0.1) is 12.4 Å². The van der Waals surface area contributed by atoms with E-state index in [-0.39, 0.29) is 18.0 Å². The van der Waals surface area contributed by atoms with E-state index in [1.165, 1.54) is 12.0 Å². The third-order valence-corrected chi connectivity index (χ3v) is 4.35. The zero-order chi connectivity index (χ0) is 12.8. The molecule has 3 rings (SSSR count). The molecule has 1 heterocycles. The number of nitrogens with one attached hydrogen (secondary N) is 1. The van der Waals surface area contributed by atoms with Crippen LogP contribution >= 0.6 is 12.4 Å². The number of hydrogen-bond acceptors (Lipinski definition) is 3. The van der Waals surface area contributed by atoms with Crippen LogP contribution in [-0.2, 0) is 0 Å². The highest BCUT2D eigenvalue weighted by atomic mass is 35.5. The molecular weight excluding hydrogens is 262 g/mol. The molecule has 0 saturated heterocycles. The van der Waals surface area contributed by atoms with Gasteiger partial charge in [0.1, 0.15) is 5.60 Å². The Balaban J connectivity index is 0.00000133. The summed E-state index contributed by atoms with van der Waals surface area (Å²) in [4.78, 5) is 0. The maximum absolute atomic E-state index is 6.28. The lowest BCUT2D eigenvalue weighted by Gasteiger charge is -2.47. The summed E-state index contributed by atoms with van der Waals surface area (Å²) in [6.45, 7) is 2.22. The van der Waals surface area contributed by atoms with Gasteiger partial charge in [0, 0.05) is 18.0 Å². The van der Waals surface area contributed by atoms with Crippen LogP contribution in [0.2, 0.25) is 0 Å². The summed E-state index contributed by atoms with van der Waals surface area (Å²) in [5, 5.41) is 3.41. The van der Waals surface area contributed by atoms with E-state index in [1.54, 1.807) is 7.11 Å². The standard InChI is InChI=1S/C15H21NO2.ClH/c1-15-8-10(7-11(9-15)16-2)12-5-4-6-13(17-3)14(12)18-15;/h4-6,10-11,16H,7-9H2,1-3H3;1H. The molecule has 3 atom stereocenters. The molecule has 1 aliphatic carbocycles. The third-order valence-electron chi connectivity index (χ3n) is 4.35. The van der Waals surface area contributed by atoms with E-state index in [9.17, 15) is 0 Å². The molecule has 2 bridgehead atoms. The Morgan fingerprint density at radius 1 is 1.37 bits per heavy atom. The van der Waals surface area contributed by atoms with Crippen LogP contribution in [0.5, 0.6) is 11.5 Å². The zero-order valence-electron chi connectivity index (χ0n) is 11.7. The summed E-state index contributed by atoms with van der Waals surface area (Å²) in [6, 6.07) is 6.78. The molecule has 0 aromatic heterocycles. The Morgan fingerprint density at radius 2 is 2.16 bits per heavy atom. The lowest BCUT2D eigenvalue weighted by Crippen LogP contribution is -2.49. The van der Waals surface area contributed by atoms with Gasteiger partial charge in [-0.05, 0) is 38.8 Å². The number of fused-ring (bicyclic) bond motifs is 4. The second-order valence-corrected chi connectivity index (χ2v) is 5.76. The number of hydrogen-bond donors (Lipinski definition) is 1. The number of ether oxygens (including phenoxy) is 2. The van der Waals surface area contributed by atoms with E-state index in [2.05, 4.69) is 24.4 Å². The average molecular weight is 284 g/mol. The van der Waals surface area contributed by atoms with E-state index in [1.807, 2.05) is 13.1 Å². The summed E-state index contributed by atoms with van der Waals surface area (Å²) in [5.41, 5.74) is 1.25. The molecule has 19 heavy (non-hydrogen) atoms. The molecule has 1 saturated carbocycles. The largest absolute Gasteiger partial charge is 0.493 e. The van der Waals surface area contributed by atoms with E-state index in [4.69, 9.17) is 9.47 Å². The minimum absolute atomic E-state index is 0. The number of rotatable bonds is 2. The number of benzene rings is 1. The molecule has 1 aliphatic heterocycles. The molecule has 4 heteroatoms. The van der Waals surface area contributed by atoms with Crippen molar-refractivity contribution in [3.05, 3.63) is 23.8 Å². The fraction of sp³-hybridized carbons (Fsp3) is 0.600. The molecule has 1 N–H and O–H groups in total. The zero-order valence-corrected chi connectivity index (χ0v) is 12.5. The van der Waals surface area contributed by atoms with Crippen molar-refractivity contribution in [1.29, 1.82) is 0 Å². The van der Waals surface area contributed by atoms with Gasteiger partial charge in [-0.1, -0.05) is 12.1 Å². The molecule has 0 spiro atoms. The minimum atomic E-state index is -0.0573. The lowest BCUT2D eigenvalue weighted by molar-refractivity contribution is 0.00649. The Labute approximate surface area is 121 Å². The van der Waals surface area contributed by atoms with Gasteiger partial charge in [0.05, 0.1) is 7.11 Å². The lowest BCUT2D eigenvalue weighted by atomic mass is 9.71. The third kappa shape index (κ3) is 2.41. The summed E-state index contributed by atoms with van der Waals surface area (Å²) in [6.07, 6.45) is 3.37. The minimum Gasteiger partial charge on any atom is -0.493 e. The van der Waals surface area contributed by atoms with Gasteiger partial charge in [-0.25, -0.2) is 0 Å². The Hall–Kier alpha value is -0.930. The highest BCUT2D eigenvalue weighted by Crippen LogP contribution is 2.51. The molecule has 1 aromatic carbocycles. The molecule has 3 unspecified atom stereocenters. The van der Waals surface area contributed by atoms with Crippen molar-refractivity contribution in [2.24, 2.45) is 0 Å². The first-order chi connectivity index (χ1) is 8.65. The quantitative estimate of drug-likeness (QED) is 0.905. The van der Waals surface area contributed by atoms with Gasteiger partial charge in [0.2, 0.25) is 0 Å². The average Bonchev–Trinajstić information content (AvgIpc) is 2.37. The smallest absolute Gasteiger partial charge is 0.165 e. The van der Waals surface area contributed by atoms with E-state index in [0.717, 1.165) is 24.3 Å². The molecule has 106 valence electrons. The molecule has 0 radical (unpaired) electrons. The van der Waals surface area contributed by atoms with Crippen LogP contribution in [0.4, 0.5) is 0 Å². The summed E-state index contributed by atoms with van der Waals surface area (Å²) >= 11 is 0. The number of halogens is 1. The van der Waals surface area contributed by atoms with Crippen LogP contribution in [0.1, 0.15) is 37.7 Å². The molecular formula is C15H22ClNO2. The van der Waals surface area contributed by atoms with Crippen molar-refractivity contribution in [2.75, 3.05) is 14.2 Å². The van der Waals surface area contributed by atoms with Crippen LogP contribution in [0, 0.1) is 0 Å². The van der Waals surface area contributed by atoms with Crippen molar-refractivity contribution in [2.45, 2.75) is 43.7 Å². The van der Waals surface area contributed by atoms with E-state index in [0.29, 0.717) is 12.0 Å². The summed E-state index contributed by atoms with van der Waals surface area (Å²) in [7, 11) is 3.75. The van der Waals surface area contributed by atoms with Crippen LogP contribution in [0.25, 0.3) is 0 Å². The summed E-state index contributed by atoms with van der Waals surface area (Å²) in [5.74, 6) is 2.42. The molecule has 1 fully saturated rings. The van der Waals surface area contributed by atoms with Crippen molar-refractivity contribution in [3.63, 3.8) is 0 Å². The monoisotopic (exact) mass is 283 g/mol. The Kier molecular flexibility index (Phi) is 3.98. The van der Waals surface area contributed by atoms with Gasteiger partial charge < -0.3 is 14.8 Å². The van der Waals surface area contributed by atoms with Crippen molar-refractivity contribution < 1.29 is 9.47 Å². The van der Waals surface area contributed by atoms with Crippen molar-refractivity contribution in [1.82, 2.24) is 5.32 Å². The topological polar surface area (TPSA) is 30.5 Å². The predicted octanol–water partition coefficient (Wildman–Crippen LogP) is 3.12. The maximum atomic E-state index is 6.28. The fourth-order valence-electron chi connectivity index (χ4n) is 3.55. The first-order valence-corrected chi connectivity index (χ1v) is 6.68. The van der Waals surface area contributed by atoms with Crippen LogP contribution in [0.3, 0.4) is 0 Å². The van der Waals surface area contributed by atoms with Crippen molar-refractivity contribution >= 4 is 12.4 Å². The van der Waals surface area contributed by atoms with Crippen LogP contribution in [-0.4, -0.2) is 25.8 Å². The number of methoxy groups -OCH3 is 1. The van der Waals surface area contributed by atoms with Gasteiger partial charge in [-0.3, -0.25) is 0 Å². The first kappa shape index (κ1) is 14.5. The normalized spacial score (nSPS) is 31.7. The van der Waals surface area contributed by atoms with Gasteiger partial charge in [-0.2, -0.15) is 0 Å². The highest BCUT2D eigenvalue weighted by molar-refractivity contribution is 5.85. The molecule has 3 nitrogen and oxygen atoms in total. The summed E-state index contributed by atoms with van der Waals surface area (Å²) < 4.78 is 11.7. The Bertz CT molecular complexity index is 465. The van der Waals surface area contributed by atoms with Crippen LogP contribution in [0.15, 0.2) is 18.2 Å². The molecule has 1 aromatic rings. The highest BCUT2D eigenvalue weighted by Gasteiger charge is 2.44. The molecule has 2 aliphatic rings. The Morgan fingerprint density at radius 3 is 2.84 bits per heavy atom. The van der Waals surface area contributed by atoms with E-state index >= 15 is 0 Å². The second-order valence-electron chi connectivity index (χ2n) is 5.76. The SMILES string of the molecule is CNC1CC2CC(C)(C1)Oc1c(OC)cccc12.Cl. The van der Waals surface area contributed by atoms with Crippen molar-refractivity contribution in [3.8, 4) is 11.5 Å². The number of para-hydroxylation sites is 1. The van der Waals surface area contributed by atoms with Gasteiger partial charge in [0.25, 0.3) is 0 Å². The van der Waals surface area contributed by atoms with Crippen LogP contribution < -0.4 is 14.8 Å². The fourth-order valence-corrected chi connectivity index (χ4v) is 3.55. The second kappa shape index (κ2) is 5.22. The molecule has 0 amide bonds. The van der Waals surface area contributed by atoms with Gasteiger partial charge in [0.15, 0.2) is 11.5 Å².